The van der Waals surface area contributed by atoms with Gasteiger partial charge in [0, 0.05) is 12.1 Å². The lowest BCUT2D eigenvalue weighted by Gasteiger charge is -2.27. The molecule has 0 saturated carbocycles. The summed E-state index contributed by atoms with van der Waals surface area (Å²) in [6.45, 7) is 0.861. The van der Waals surface area contributed by atoms with Crippen molar-refractivity contribution >= 4 is 18.1 Å². The van der Waals surface area contributed by atoms with E-state index in [1.807, 2.05) is 0 Å². The number of rotatable bonds is 2. The van der Waals surface area contributed by atoms with Crippen molar-refractivity contribution in [1.29, 1.82) is 0 Å². The zero-order valence-electron chi connectivity index (χ0n) is 8.21. The van der Waals surface area contributed by atoms with Crippen LogP contribution in [0.25, 0.3) is 0 Å². The molecule has 16 heavy (non-hydrogen) atoms. The summed E-state index contributed by atoms with van der Waals surface area (Å²) < 4.78 is 0. The molecule has 2 rings (SSSR count). The third kappa shape index (κ3) is 2.02. The summed E-state index contributed by atoms with van der Waals surface area (Å²) in [5.41, 5.74) is 0.168. The van der Waals surface area contributed by atoms with Crippen LogP contribution in [0, 0.1) is 10.1 Å². The maximum Gasteiger partial charge on any atom is 0.314 e. The molecule has 0 amide bonds. The van der Waals surface area contributed by atoms with Crippen molar-refractivity contribution in [3.05, 3.63) is 27.8 Å². The molecule has 1 heterocycles. The molecule has 1 fully saturated rings. The Morgan fingerprint density at radius 1 is 1.44 bits per heavy atom. The Bertz CT molecular complexity index is 420. The lowest BCUT2D eigenvalue weighted by atomic mass is 9.97. The summed E-state index contributed by atoms with van der Waals surface area (Å²) in [5, 5.41) is 32.2. The number of nitrogens with one attached hydrogen (secondary N) is 1. The van der Waals surface area contributed by atoms with E-state index in [1.165, 1.54) is 12.1 Å². The number of nitro benzene ring substituents is 1. The van der Waals surface area contributed by atoms with Gasteiger partial charge in [0.15, 0.2) is 5.75 Å². The highest BCUT2D eigenvalue weighted by Gasteiger charge is 2.25. The van der Waals surface area contributed by atoms with Gasteiger partial charge in [0.2, 0.25) is 5.75 Å². The van der Waals surface area contributed by atoms with E-state index in [0.717, 1.165) is 13.0 Å². The molecule has 1 aromatic carbocycles. The van der Waals surface area contributed by atoms with Gasteiger partial charge in [0.05, 0.1) is 4.92 Å². The fraction of sp³-hybridized carbons (Fsp3) is 0.333. The Morgan fingerprint density at radius 2 is 2.06 bits per heavy atom. The lowest BCUT2D eigenvalue weighted by Crippen LogP contribution is -2.34. The number of phenols is 2. The zero-order chi connectivity index (χ0) is 11.0. The van der Waals surface area contributed by atoms with E-state index in [1.54, 1.807) is 0 Å². The van der Waals surface area contributed by atoms with Crippen LogP contribution in [-0.2, 0) is 0 Å². The fourth-order valence-electron chi connectivity index (χ4n) is 1.54. The molecule has 0 radical (unpaired) electrons. The molecule has 0 aromatic heterocycles. The summed E-state index contributed by atoms with van der Waals surface area (Å²) in [7, 11) is 0. The Hall–Kier alpha value is -1.53. The van der Waals surface area contributed by atoms with Gasteiger partial charge in [0.1, 0.15) is 0 Å². The van der Waals surface area contributed by atoms with E-state index in [2.05, 4.69) is 5.32 Å². The van der Waals surface area contributed by atoms with Crippen LogP contribution in [0.4, 0.5) is 5.69 Å². The number of hydrogen-bond donors (Lipinski definition) is 3. The second-order valence-electron chi connectivity index (χ2n) is 3.46. The fourth-order valence-corrected chi connectivity index (χ4v) is 1.54. The SMILES string of the molecule is Cl.O=[N+]([O-])c1cc([C@@H]2CCN2)cc(O)c1O. The van der Waals surface area contributed by atoms with Gasteiger partial charge in [-0.25, -0.2) is 0 Å². The topological polar surface area (TPSA) is 95.6 Å². The molecule has 0 aliphatic carbocycles. The summed E-state index contributed by atoms with van der Waals surface area (Å²) in [4.78, 5) is 9.86. The molecule has 1 saturated heterocycles. The number of halogens is 1. The van der Waals surface area contributed by atoms with Gasteiger partial charge in [0.25, 0.3) is 0 Å². The van der Waals surface area contributed by atoms with E-state index in [0.29, 0.717) is 5.56 Å². The quantitative estimate of drug-likeness (QED) is 0.417. The van der Waals surface area contributed by atoms with E-state index in [4.69, 9.17) is 0 Å². The van der Waals surface area contributed by atoms with Crippen molar-refractivity contribution in [2.24, 2.45) is 0 Å². The normalized spacial score (nSPS) is 18.4. The van der Waals surface area contributed by atoms with Crippen LogP contribution >= 0.6 is 12.4 Å². The molecular formula is C9H11ClN2O4. The summed E-state index contributed by atoms with van der Waals surface area (Å²) >= 11 is 0. The maximum atomic E-state index is 10.6. The van der Waals surface area contributed by atoms with Gasteiger partial charge in [-0.3, -0.25) is 10.1 Å². The molecule has 1 aromatic rings. The van der Waals surface area contributed by atoms with E-state index >= 15 is 0 Å². The first kappa shape index (κ1) is 12.5. The van der Waals surface area contributed by atoms with Crippen molar-refractivity contribution in [3.8, 4) is 11.5 Å². The van der Waals surface area contributed by atoms with E-state index in [9.17, 15) is 20.3 Å². The highest BCUT2D eigenvalue weighted by Crippen LogP contribution is 2.39. The van der Waals surface area contributed by atoms with Crippen LogP contribution in [0.15, 0.2) is 12.1 Å². The second kappa shape index (κ2) is 4.54. The first-order chi connectivity index (χ1) is 7.09. The van der Waals surface area contributed by atoms with Crippen LogP contribution < -0.4 is 5.32 Å². The van der Waals surface area contributed by atoms with Crippen molar-refractivity contribution in [2.75, 3.05) is 6.54 Å². The minimum atomic E-state index is -0.711. The molecule has 0 unspecified atom stereocenters. The number of benzene rings is 1. The largest absolute Gasteiger partial charge is 0.504 e. The summed E-state index contributed by atoms with van der Waals surface area (Å²) in [6, 6.07) is 2.67. The number of aromatic hydroxyl groups is 2. The number of nitro groups is 1. The van der Waals surface area contributed by atoms with Crippen LogP contribution in [0.5, 0.6) is 11.5 Å². The highest BCUT2D eigenvalue weighted by atomic mass is 35.5. The van der Waals surface area contributed by atoms with E-state index < -0.39 is 22.1 Å². The van der Waals surface area contributed by atoms with Gasteiger partial charge < -0.3 is 15.5 Å². The molecule has 0 spiro atoms. The standard InChI is InChI=1S/C9H10N2O4.ClH/c12-8-4-5(6-1-2-10-6)3-7(9(8)13)11(14)15;/h3-4,6,10,12-13H,1-2H2;1H/t6-;/m0./s1. The molecular weight excluding hydrogens is 236 g/mol. The Labute approximate surface area is 97.5 Å². The van der Waals surface area contributed by atoms with Gasteiger partial charge in [-0.15, -0.1) is 12.4 Å². The molecule has 88 valence electrons. The Kier molecular flexibility index (Phi) is 3.56. The number of hydrogen-bond acceptors (Lipinski definition) is 5. The monoisotopic (exact) mass is 246 g/mol. The molecule has 7 heteroatoms. The molecule has 1 aliphatic rings. The van der Waals surface area contributed by atoms with Gasteiger partial charge in [-0.1, -0.05) is 0 Å². The van der Waals surface area contributed by atoms with Crippen LogP contribution in [-0.4, -0.2) is 21.7 Å². The minimum Gasteiger partial charge on any atom is -0.504 e. The zero-order valence-corrected chi connectivity index (χ0v) is 9.03. The average molecular weight is 247 g/mol. The highest BCUT2D eigenvalue weighted by molar-refractivity contribution is 5.85. The van der Waals surface area contributed by atoms with Crippen LogP contribution in [0.3, 0.4) is 0 Å². The van der Waals surface area contributed by atoms with Crippen molar-refractivity contribution in [3.63, 3.8) is 0 Å². The smallest absolute Gasteiger partial charge is 0.314 e. The first-order valence-electron chi connectivity index (χ1n) is 4.53. The van der Waals surface area contributed by atoms with Crippen molar-refractivity contribution < 1.29 is 15.1 Å². The lowest BCUT2D eigenvalue weighted by molar-refractivity contribution is -0.386. The van der Waals surface area contributed by atoms with Gasteiger partial charge in [-0.2, -0.15) is 0 Å². The molecule has 1 atom stereocenters. The van der Waals surface area contributed by atoms with Crippen LogP contribution in [0.2, 0.25) is 0 Å². The minimum absolute atomic E-state index is 0. The average Bonchev–Trinajstić information content (AvgIpc) is 2.07. The predicted molar refractivity (Wildman–Crippen MR) is 59.0 cm³/mol. The third-order valence-electron chi connectivity index (χ3n) is 2.51. The number of nitrogens with zero attached hydrogens (tertiary/aromatic N) is 1. The predicted octanol–water partition coefficient (Wildman–Crippen LogP) is 1.46. The third-order valence-corrected chi connectivity index (χ3v) is 2.51. The maximum absolute atomic E-state index is 10.6. The van der Waals surface area contributed by atoms with Crippen molar-refractivity contribution in [1.82, 2.24) is 5.32 Å². The molecule has 1 aliphatic heterocycles. The number of phenolic OH excluding ortho intramolecular Hbond substituents is 2. The Balaban J connectivity index is 0.00000128. The van der Waals surface area contributed by atoms with E-state index in [-0.39, 0.29) is 18.4 Å². The molecule has 6 nitrogen and oxygen atoms in total. The first-order valence-corrected chi connectivity index (χ1v) is 4.53. The van der Waals surface area contributed by atoms with Gasteiger partial charge in [-0.05, 0) is 24.6 Å². The summed E-state index contributed by atoms with van der Waals surface area (Å²) in [6.07, 6.45) is 0.876. The van der Waals surface area contributed by atoms with Gasteiger partial charge >= 0.3 is 5.69 Å². The Morgan fingerprint density at radius 3 is 2.50 bits per heavy atom. The van der Waals surface area contributed by atoms with Crippen LogP contribution in [0.1, 0.15) is 18.0 Å². The van der Waals surface area contributed by atoms with Crippen molar-refractivity contribution in [2.45, 2.75) is 12.5 Å². The summed E-state index contributed by atoms with van der Waals surface area (Å²) in [5.74, 6) is -1.13. The molecule has 0 bridgehead atoms. The second-order valence-corrected chi connectivity index (χ2v) is 3.46. The molecule has 3 N–H and O–H groups in total.